The lowest BCUT2D eigenvalue weighted by atomic mass is 9.93. The van der Waals surface area contributed by atoms with E-state index in [1.807, 2.05) is 42.5 Å². The van der Waals surface area contributed by atoms with E-state index in [1.54, 1.807) is 7.11 Å². The molecule has 100 valence electrons. The number of nitrogens with one attached hydrogen (secondary N) is 1. The molecular weight excluding hydrogens is 248 g/mol. The van der Waals surface area contributed by atoms with Crippen molar-refractivity contribution in [2.45, 2.75) is 18.4 Å². The fraction of sp³-hybridized carbons (Fsp3) is 0.235. The van der Waals surface area contributed by atoms with Crippen molar-refractivity contribution in [2.24, 2.45) is 0 Å². The molecule has 0 radical (unpaired) electrons. The zero-order valence-electron chi connectivity index (χ0n) is 11.4. The number of nitrogens with zero attached hydrogens (tertiary/aromatic N) is 1. The van der Waals surface area contributed by atoms with Crippen molar-refractivity contribution in [1.82, 2.24) is 0 Å². The van der Waals surface area contributed by atoms with E-state index in [4.69, 9.17) is 4.74 Å². The van der Waals surface area contributed by atoms with Crippen LogP contribution in [-0.2, 0) is 12.0 Å². The van der Waals surface area contributed by atoms with E-state index in [9.17, 15) is 5.26 Å². The lowest BCUT2D eigenvalue weighted by molar-refractivity contribution is 0.415. The van der Waals surface area contributed by atoms with Crippen molar-refractivity contribution in [1.29, 1.82) is 5.26 Å². The van der Waals surface area contributed by atoms with Crippen LogP contribution < -0.4 is 10.1 Å². The maximum atomic E-state index is 9.71. The standard InChI is InChI=1S/C17H16N2O/c1-20-15-7-4-6-14(11-15)19-17(12-18)10-9-13-5-2-3-8-16(13)17/h2-8,11,19H,9-10H2,1H3. The van der Waals surface area contributed by atoms with Gasteiger partial charge in [-0.3, -0.25) is 0 Å². The Hall–Kier alpha value is -2.47. The van der Waals surface area contributed by atoms with Gasteiger partial charge in [0.15, 0.2) is 5.54 Å². The molecule has 1 aliphatic rings. The monoisotopic (exact) mass is 264 g/mol. The first kappa shape index (κ1) is 12.6. The summed E-state index contributed by atoms with van der Waals surface area (Å²) in [6.45, 7) is 0. The molecule has 0 aliphatic heterocycles. The van der Waals surface area contributed by atoms with Crippen LogP contribution in [0, 0.1) is 11.3 Å². The molecule has 20 heavy (non-hydrogen) atoms. The van der Waals surface area contributed by atoms with E-state index in [-0.39, 0.29) is 0 Å². The van der Waals surface area contributed by atoms with Gasteiger partial charge in [-0.15, -0.1) is 0 Å². The van der Waals surface area contributed by atoms with E-state index in [2.05, 4.69) is 17.5 Å². The van der Waals surface area contributed by atoms with Crippen molar-refractivity contribution >= 4 is 5.69 Å². The molecule has 0 amide bonds. The summed E-state index contributed by atoms with van der Waals surface area (Å²) in [5.74, 6) is 0.786. The highest BCUT2D eigenvalue weighted by Crippen LogP contribution is 2.39. The molecule has 0 bridgehead atoms. The summed E-state index contributed by atoms with van der Waals surface area (Å²) in [6, 6.07) is 18.3. The summed E-state index contributed by atoms with van der Waals surface area (Å²) in [6.07, 6.45) is 1.72. The second kappa shape index (κ2) is 4.90. The van der Waals surface area contributed by atoms with Crippen molar-refractivity contribution in [3.63, 3.8) is 0 Å². The number of hydrogen-bond donors (Lipinski definition) is 1. The van der Waals surface area contributed by atoms with Crippen LogP contribution in [0.15, 0.2) is 48.5 Å². The lowest BCUT2D eigenvalue weighted by Gasteiger charge is -2.25. The van der Waals surface area contributed by atoms with Crippen LogP contribution in [0.5, 0.6) is 5.75 Å². The van der Waals surface area contributed by atoms with Crippen LogP contribution >= 0.6 is 0 Å². The number of methoxy groups -OCH3 is 1. The van der Waals surface area contributed by atoms with Gasteiger partial charge in [-0.05, 0) is 36.1 Å². The molecule has 2 aromatic rings. The number of benzene rings is 2. The average Bonchev–Trinajstić information content (AvgIpc) is 2.87. The van der Waals surface area contributed by atoms with E-state index in [1.165, 1.54) is 5.56 Å². The zero-order valence-corrected chi connectivity index (χ0v) is 11.4. The summed E-state index contributed by atoms with van der Waals surface area (Å²) >= 11 is 0. The van der Waals surface area contributed by atoms with Crippen LogP contribution in [0.2, 0.25) is 0 Å². The predicted octanol–water partition coefficient (Wildman–Crippen LogP) is 3.47. The second-order valence-corrected chi connectivity index (χ2v) is 5.03. The van der Waals surface area contributed by atoms with Crippen LogP contribution in [0.4, 0.5) is 5.69 Å². The molecule has 3 heteroatoms. The van der Waals surface area contributed by atoms with Gasteiger partial charge in [-0.2, -0.15) is 5.26 Å². The van der Waals surface area contributed by atoms with Gasteiger partial charge in [0.2, 0.25) is 0 Å². The molecule has 0 saturated carbocycles. The van der Waals surface area contributed by atoms with E-state index in [0.29, 0.717) is 0 Å². The Labute approximate surface area is 118 Å². The van der Waals surface area contributed by atoms with E-state index < -0.39 is 5.54 Å². The van der Waals surface area contributed by atoms with Crippen LogP contribution in [0.1, 0.15) is 17.5 Å². The molecule has 3 rings (SSSR count). The Morgan fingerprint density at radius 1 is 1.20 bits per heavy atom. The van der Waals surface area contributed by atoms with Gasteiger partial charge < -0.3 is 10.1 Å². The number of anilines is 1. The summed E-state index contributed by atoms with van der Waals surface area (Å²) < 4.78 is 5.23. The van der Waals surface area contributed by atoms with Crippen LogP contribution in [0.3, 0.4) is 0 Å². The fourth-order valence-corrected chi connectivity index (χ4v) is 2.83. The Balaban J connectivity index is 1.98. The number of fused-ring (bicyclic) bond motifs is 1. The van der Waals surface area contributed by atoms with Gasteiger partial charge in [-0.1, -0.05) is 30.3 Å². The average molecular weight is 264 g/mol. The molecule has 0 saturated heterocycles. The van der Waals surface area contributed by atoms with Gasteiger partial charge >= 0.3 is 0 Å². The lowest BCUT2D eigenvalue weighted by Crippen LogP contribution is -2.31. The first-order valence-corrected chi connectivity index (χ1v) is 6.69. The molecule has 0 heterocycles. The van der Waals surface area contributed by atoms with Crippen molar-refractivity contribution in [3.05, 3.63) is 59.7 Å². The summed E-state index contributed by atoms with van der Waals surface area (Å²) in [5.41, 5.74) is 2.61. The van der Waals surface area contributed by atoms with Gasteiger partial charge in [0.05, 0.1) is 13.2 Å². The first-order chi connectivity index (χ1) is 9.77. The van der Waals surface area contributed by atoms with Gasteiger partial charge in [-0.25, -0.2) is 0 Å². The molecule has 3 nitrogen and oxygen atoms in total. The summed E-state index contributed by atoms with van der Waals surface area (Å²) in [7, 11) is 1.64. The van der Waals surface area contributed by atoms with Gasteiger partial charge in [0.25, 0.3) is 0 Å². The SMILES string of the molecule is COc1cccc(NC2(C#N)CCc3ccccc32)c1. The molecule has 1 unspecified atom stereocenters. The number of rotatable bonds is 3. The van der Waals surface area contributed by atoms with Crippen molar-refractivity contribution in [2.75, 3.05) is 12.4 Å². The van der Waals surface area contributed by atoms with Crippen LogP contribution in [0.25, 0.3) is 0 Å². The molecular formula is C17H16N2O. The number of hydrogen-bond acceptors (Lipinski definition) is 3. The highest BCUT2D eigenvalue weighted by molar-refractivity contribution is 5.57. The minimum absolute atomic E-state index is 0.636. The van der Waals surface area contributed by atoms with Crippen molar-refractivity contribution < 1.29 is 4.74 Å². The largest absolute Gasteiger partial charge is 0.497 e. The Bertz CT molecular complexity index is 675. The van der Waals surface area contributed by atoms with Gasteiger partial charge in [0, 0.05) is 11.8 Å². The minimum atomic E-state index is -0.636. The van der Waals surface area contributed by atoms with E-state index >= 15 is 0 Å². The molecule has 0 aromatic heterocycles. The van der Waals surface area contributed by atoms with E-state index in [0.717, 1.165) is 29.8 Å². The minimum Gasteiger partial charge on any atom is -0.497 e. The van der Waals surface area contributed by atoms with Gasteiger partial charge in [0.1, 0.15) is 5.75 Å². The molecule has 1 aliphatic carbocycles. The fourth-order valence-electron chi connectivity index (χ4n) is 2.83. The number of ether oxygens (including phenoxy) is 1. The molecule has 2 aromatic carbocycles. The normalized spacial score (nSPS) is 20.0. The second-order valence-electron chi connectivity index (χ2n) is 5.03. The maximum absolute atomic E-state index is 9.71. The quantitative estimate of drug-likeness (QED) is 0.923. The smallest absolute Gasteiger partial charge is 0.151 e. The molecule has 0 spiro atoms. The number of aryl methyl sites for hydroxylation is 1. The predicted molar refractivity (Wildman–Crippen MR) is 78.7 cm³/mol. The Morgan fingerprint density at radius 2 is 2.05 bits per heavy atom. The highest BCUT2D eigenvalue weighted by Gasteiger charge is 2.38. The van der Waals surface area contributed by atoms with Crippen molar-refractivity contribution in [3.8, 4) is 11.8 Å². The summed E-state index contributed by atoms with van der Waals surface area (Å²) in [5, 5.41) is 13.1. The Morgan fingerprint density at radius 3 is 2.85 bits per heavy atom. The number of nitriles is 1. The Kier molecular flexibility index (Phi) is 3.08. The topological polar surface area (TPSA) is 45.0 Å². The molecule has 1 atom stereocenters. The molecule has 1 N–H and O–H groups in total. The third kappa shape index (κ3) is 2.00. The third-order valence-corrected chi connectivity index (χ3v) is 3.86. The highest BCUT2D eigenvalue weighted by atomic mass is 16.5. The first-order valence-electron chi connectivity index (χ1n) is 6.69. The maximum Gasteiger partial charge on any atom is 0.151 e. The summed E-state index contributed by atoms with van der Waals surface area (Å²) in [4.78, 5) is 0. The molecule has 0 fully saturated rings. The zero-order chi connectivity index (χ0) is 14.0. The van der Waals surface area contributed by atoms with Crippen LogP contribution in [-0.4, -0.2) is 7.11 Å². The third-order valence-electron chi connectivity index (χ3n) is 3.86.